The highest BCUT2D eigenvalue weighted by atomic mass is 35.5. The topological polar surface area (TPSA) is 105 Å². The maximum Gasteiger partial charge on any atom is 0.411 e. The van der Waals surface area contributed by atoms with Crippen LogP contribution >= 0.6 is 11.6 Å². The van der Waals surface area contributed by atoms with Crippen molar-refractivity contribution in [3.8, 4) is 0 Å². The first-order valence-electron chi connectivity index (χ1n) is 8.85. The molecule has 0 radical (unpaired) electrons. The van der Waals surface area contributed by atoms with Gasteiger partial charge in [-0.05, 0) is 35.9 Å². The molecule has 0 fully saturated rings. The van der Waals surface area contributed by atoms with Crippen LogP contribution in [0.25, 0.3) is 0 Å². The molecule has 0 aromatic heterocycles. The van der Waals surface area contributed by atoms with Crippen LogP contribution in [-0.2, 0) is 11.3 Å². The molecule has 3 aromatic carbocycles. The molecule has 0 aliphatic heterocycles. The second kappa shape index (κ2) is 9.58. The lowest BCUT2D eigenvalue weighted by atomic mass is 10.1. The van der Waals surface area contributed by atoms with Gasteiger partial charge in [0.05, 0.1) is 22.5 Å². The van der Waals surface area contributed by atoms with Crippen molar-refractivity contribution in [3.05, 3.63) is 94.5 Å². The summed E-state index contributed by atoms with van der Waals surface area (Å²) < 4.78 is 5.17. The van der Waals surface area contributed by atoms with E-state index >= 15 is 0 Å². The minimum atomic E-state index is -1.23. The quantitative estimate of drug-likeness (QED) is 0.514. The molecule has 8 heteroatoms. The fraction of sp³-hybridized carbons (Fsp3) is 0.0455. The highest BCUT2D eigenvalue weighted by molar-refractivity contribution is 6.31. The molecule has 0 aliphatic carbocycles. The van der Waals surface area contributed by atoms with Gasteiger partial charge in [-0.15, -0.1) is 0 Å². The lowest BCUT2D eigenvalue weighted by Gasteiger charge is -2.13. The molecular weight excluding hydrogens is 408 g/mol. The van der Waals surface area contributed by atoms with E-state index in [-0.39, 0.29) is 34.1 Å². The van der Waals surface area contributed by atoms with E-state index in [1.807, 2.05) is 30.3 Å². The zero-order valence-electron chi connectivity index (χ0n) is 15.6. The van der Waals surface area contributed by atoms with Crippen LogP contribution in [0.5, 0.6) is 0 Å². The molecule has 0 atom stereocenters. The van der Waals surface area contributed by atoms with E-state index in [0.29, 0.717) is 0 Å². The van der Waals surface area contributed by atoms with E-state index in [4.69, 9.17) is 16.3 Å². The Balaban J connectivity index is 1.72. The van der Waals surface area contributed by atoms with Gasteiger partial charge in [0.15, 0.2) is 0 Å². The monoisotopic (exact) mass is 424 g/mol. The number of halogens is 1. The summed E-state index contributed by atoms with van der Waals surface area (Å²) >= 11 is 5.83. The number of aromatic carboxylic acids is 1. The summed E-state index contributed by atoms with van der Waals surface area (Å²) in [5.74, 6) is -1.83. The third-order valence-electron chi connectivity index (χ3n) is 4.08. The van der Waals surface area contributed by atoms with Crippen molar-refractivity contribution < 1.29 is 24.2 Å². The molecule has 0 spiro atoms. The number of anilines is 2. The zero-order valence-corrected chi connectivity index (χ0v) is 16.3. The molecule has 30 heavy (non-hydrogen) atoms. The van der Waals surface area contributed by atoms with Crippen LogP contribution in [-0.4, -0.2) is 23.1 Å². The van der Waals surface area contributed by atoms with Gasteiger partial charge in [-0.25, -0.2) is 9.59 Å². The first-order valence-corrected chi connectivity index (χ1v) is 9.23. The van der Waals surface area contributed by atoms with Gasteiger partial charge in [-0.1, -0.05) is 54.1 Å². The average molecular weight is 425 g/mol. The van der Waals surface area contributed by atoms with Crippen LogP contribution in [0, 0.1) is 0 Å². The number of carbonyl (C=O) groups is 3. The molecule has 0 saturated heterocycles. The summed E-state index contributed by atoms with van der Waals surface area (Å²) in [4.78, 5) is 36.3. The minimum absolute atomic E-state index is 0.0772. The minimum Gasteiger partial charge on any atom is -0.478 e. The van der Waals surface area contributed by atoms with Crippen LogP contribution in [0.4, 0.5) is 16.2 Å². The smallest absolute Gasteiger partial charge is 0.411 e. The Morgan fingerprint density at radius 2 is 1.50 bits per heavy atom. The highest BCUT2D eigenvalue weighted by Crippen LogP contribution is 2.23. The van der Waals surface area contributed by atoms with Gasteiger partial charge >= 0.3 is 12.1 Å². The number of carbonyl (C=O) groups excluding carboxylic acids is 2. The van der Waals surface area contributed by atoms with Gasteiger partial charge in [0.1, 0.15) is 6.61 Å². The number of hydrogen-bond donors (Lipinski definition) is 3. The van der Waals surface area contributed by atoms with Crippen molar-refractivity contribution in [2.45, 2.75) is 6.61 Å². The van der Waals surface area contributed by atoms with Crippen molar-refractivity contribution in [2.75, 3.05) is 10.6 Å². The SMILES string of the molecule is O=C(Nc1ccccc1C(=O)Nc1ccc(Cl)cc1C(=O)O)OCc1ccccc1. The predicted molar refractivity (Wildman–Crippen MR) is 113 cm³/mol. The third-order valence-corrected chi connectivity index (χ3v) is 4.32. The number of rotatable bonds is 6. The molecule has 0 saturated carbocycles. The Bertz CT molecular complexity index is 1090. The van der Waals surface area contributed by atoms with Crippen molar-refractivity contribution in [3.63, 3.8) is 0 Å². The molecule has 0 heterocycles. The fourth-order valence-corrected chi connectivity index (χ4v) is 2.82. The Morgan fingerprint density at radius 1 is 0.833 bits per heavy atom. The number of ether oxygens (including phenoxy) is 1. The van der Waals surface area contributed by atoms with Gasteiger partial charge in [0, 0.05) is 5.02 Å². The fourth-order valence-electron chi connectivity index (χ4n) is 2.65. The molecule has 0 aliphatic rings. The summed E-state index contributed by atoms with van der Waals surface area (Å²) in [6, 6.07) is 19.6. The summed E-state index contributed by atoms with van der Waals surface area (Å²) in [5.41, 5.74) is 1.11. The van der Waals surface area contributed by atoms with Crippen LogP contribution < -0.4 is 10.6 Å². The predicted octanol–water partition coefficient (Wildman–Crippen LogP) is 5.04. The number of para-hydroxylation sites is 1. The molecule has 3 rings (SSSR count). The van der Waals surface area contributed by atoms with Gasteiger partial charge in [-0.2, -0.15) is 0 Å². The summed E-state index contributed by atoms with van der Waals surface area (Å²) in [5, 5.41) is 14.6. The van der Waals surface area contributed by atoms with Crippen molar-refractivity contribution in [1.29, 1.82) is 0 Å². The first kappa shape index (κ1) is 20.9. The Kier molecular flexibility index (Phi) is 6.67. The molecule has 152 valence electrons. The Hall–Kier alpha value is -3.84. The van der Waals surface area contributed by atoms with E-state index in [1.54, 1.807) is 18.2 Å². The summed E-state index contributed by atoms with van der Waals surface area (Å²) in [6.07, 6.45) is -0.725. The number of nitrogens with one attached hydrogen (secondary N) is 2. The standard InChI is InChI=1S/C22H17ClN2O5/c23-15-10-11-19(17(12-15)21(27)28)24-20(26)16-8-4-5-9-18(16)25-22(29)30-13-14-6-2-1-3-7-14/h1-12H,13H2,(H,24,26)(H,25,29)(H,27,28). The van der Waals surface area contributed by atoms with Gasteiger partial charge in [-0.3, -0.25) is 10.1 Å². The summed E-state index contributed by atoms with van der Waals surface area (Å²) in [6.45, 7) is 0.0772. The molecule has 2 amide bonds. The lowest BCUT2D eigenvalue weighted by molar-refractivity contribution is 0.0698. The number of amides is 2. The highest BCUT2D eigenvalue weighted by Gasteiger charge is 2.17. The number of benzene rings is 3. The first-order chi connectivity index (χ1) is 14.4. The molecule has 7 nitrogen and oxygen atoms in total. The normalized spacial score (nSPS) is 10.2. The number of carboxylic acid groups (broad SMARTS) is 1. The van der Waals surface area contributed by atoms with Crippen molar-refractivity contribution in [2.24, 2.45) is 0 Å². The van der Waals surface area contributed by atoms with E-state index < -0.39 is 18.0 Å². The van der Waals surface area contributed by atoms with E-state index in [0.717, 1.165) is 5.56 Å². The maximum atomic E-state index is 12.7. The third kappa shape index (κ3) is 5.36. The van der Waals surface area contributed by atoms with Crippen LogP contribution in [0.3, 0.4) is 0 Å². The second-order valence-corrected chi connectivity index (χ2v) is 6.62. The maximum absolute atomic E-state index is 12.7. The van der Waals surface area contributed by atoms with Crippen molar-refractivity contribution >= 4 is 40.9 Å². The van der Waals surface area contributed by atoms with Gasteiger partial charge < -0.3 is 15.2 Å². The van der Waals surface area contributed by atoms with Gasteiger partial charge in [0.25, 0.3) is 5.91 Å². The van der Waals surface area contributed by atoms with Crippen LogP contribution in [0.1, 0.15) is 26.3 Å². The van der Waals surface area contributed by atoms with E-state index in [9.17, 15) is 19.5 Å². The molecule has 0 bridgehead atoms. The number of carboxylic acids is 1. The van der Waals surface area contributed by atoms with Crippen LogP contribution in [0.2, 0.25) is 5.02 Å². The van der Waals surface area contributed by atoms with Crippen LogP contribution in [0.15, 0.2) is 72.8 Å². The second-order valence-electron chi connectivity index (χ2n) is 6.18. The zero-order chi connectivity index (χ0) is 21.5. The van der Waals surface area contributed by atoms with E-state index in [1.165, 1.54) is 24.3 Å². The lowest BCUT2D eigenvalue weighted by Crippen LogP contribution is -2.19. The van der Waals surface area contributed by atoms with Gasteiger partial charge in [0.2, 0.25) is 0 Å². The molecular formula is C22H17ClN2O5. The number of hydrogen-bond acceptors (Lipinski definition) is 4. The summed E-state index contributed by atoms with van der Waals surface area (Å²) in [7, 11) is 0. The molecule has 3 N–H and O–H groups in total. The molecule has 3 aromatic rings. The average Bonchev–Trinajstić information content (AvgIpc) is 2.74. The van der Waals surface area contributed by atoms with Crippen molar-refractivity contribution in [1.82, 2.24) is 0 Å². The Morgan fingerprint density at radius 3 is 2.23 bits per heavy atom. The Labute approximate surface area is 177 Å². The largest absolute Gasteiger partial charge is 0.478 e. The van der Waals surface area contributed by atoms with E-state index in [2.05, 4.69) is 10.6 Å². The molecule has 0 unspecified atom stereocenters.